The number of hydrogen-bond acceptors (Lipinski definition) is 4. The Hall–Kier alpha value is -3.21. The van der Waals surface area contributed by atoms with Gasteiger partial charge in [0.05, 0.1) is 11.2 Å². The van der Waals surface area contributed by atoms with Crippen LogP contribution in [0.4, 0.5) is 5.69 Å². The average molecular weight is 348 g/mol. The summed E-state index contributed by atoms with van der Waals surface area (Å²) in [5.74, 6) is 0.366. The highest BCUT2D eigenvalue weighted by Gasteiger charge is 2.09. The molecule has 0 radical (unpaired) electrons. The molecule has 0 atom stereocenters. The van der Waals surface area contributed by atoms with Crippen molar-refractivity contribution in [3.8, 4) is 5.75 Å². The normalized spacial score (nSPS) is 10.5. The lowest BCUT2D eigenvalue weighted by molar-refractivity contribution is -0.118. The lowest BCUT2D eigenvalue weighted by Crippen LogP contribution is -2.20. The summed E-state index contributed by atoms with van der Waals surface area (Å²) in [6, 6.07) is 14.4. The molecule has 5 nitrogen and oxygen atoms in total. The van der Waals surface area contributed by atoms with Crippen LogP contribution in [0.25, 0.3) is 10.9 Å². The monoisotopic (exact) mass is 348 g/mol. The predicted molar refractivity (Wildman–Crippen MR) is 102 cm³/mol. The maximum absolute atomic E-state index is 12.2. The van der Waals surface area contributed by atoms with Gasteiger partial charge in [0, 0.05) is 23.6 Å². The van der Waals surface area contributed by atoms with E-state index in [1.807, 2.05) is 38.1 Å². The van der Waals surface area contributed by atoms with E-state index in [1.54, 1.807) is 30.5 Å². The Morgan fingerprint density at radius 3 is 2.58 bits per heavy atom. The van der Waals surface area contributed by atoms with Gasteiger partial charge in [-0.1, -0.05) is 13.0 Å². The molecule has 5 heteroatoms. The van der Waals surface area contributed by atoms with Crippen molar-refractivity contribution in [1.82, 2.24) is 4.98 Å². The Balaban J connectivity index is 1.65. The summed E-state index contributed by atoms with van der Waals surface area (Å²) < 4.78 is 5.51. The third kappa shape index (κ3) is 3.88. The molecule has 0 saturated heterocycles. The van der Waals surface area contributed by atoms with Crippen molar-refractivity contribution in [1.29, 1.82) is 0 Å². The molecule has 0 fully saturated rings. The molecule has 0 bridgehead atoms. The Kier molecular flexibility index (Phi) is 5.27. The van der Waals surface area contributed by atoms with Crippen molar-refractivity contribution in [2.75, 3.05) is 11.9 Å². The number of carbonyl (C=O) groups is 2. The molecule has 1 heterocycles. The minimum atomic E-state index is -0.257. The molecule has 0 aliphatic rings. The van der Waals surface area contributed by atoms with Crippen LogP contribution < -0.4 is 10.1 Å². The van der Waals surface area contributed by atoms with Crippen molar-refractivity contribution in [3.05, 3.63) is 65.9 Å². The Morgan fingerprint density at radius 2 is 1.85 bits per heavy atom. The van der Waals surface area contributed by atoms with Gasteiger partial charge in [-0.2, -0.15) is 0 Å². The number of benzene rings is 2. The number of aryl methyl sites for hydroxylation is 1. The van der Waals surface area contributed by atoms with Crippen molar-refractivity contribution in [2.45, 2.75) is 20.3 Å². The van der Waals surface area contributed by atoms with Crippen LogP contribution in [0.3, 0.4) is 0 Å². The minimum absolute atomic E-state index is 0.0779. The van der Waals surface area contributed by atoms with Crippen LogP contribution in [0.15, 0.2) is 54.7 Å². The van der Waals surface area contributed by atoms with Crippen LogP contribution in [0, 0.1) is 6.92 Å². The molecule has 3 aromatic rings. The number of hydrogen-bond donors (Lipinski definition) is 1. The molecular formula is C21H20N2O3. The summed E-state index contributed by atoms with van der Waals surface area (Å²) in [6.45, 7) is 3.69. The second kappa shape index (κ2) is 7.78. The number of amides is 1. The molecule has 1 N–H and O–H groups in total. The molecule has 2 aromatic carbocycles. The van der Waals surface area contributed by atoms with E-state index >= 15 is 0 Å². The topological polar surface area (TPSA) is 68.3 Å². The standard InChI is InChI=1S/C21H20N2O3/c1-3-19(24)15-7-9-16(10-8-15)26-13-20(25)23-18-11-6-14(2)21-17(18)5-4-12-22-21/h4-12H,3,13H2,1-2H3,(H,23,25). The van der Waals surface area contributed by atoms with Gasteiger partial charge in [-0.25, -0.2) is 0 Å². The number of fused-ring (bicyclic) bond motifs is 1. The average Bonchev–Trinajstić information content (AvgIpc) is 2.68. The Bertz CT molecular complexity index is 949. The van der Waals surface area contributed by atoms with Gasteiger partial charge in [0.2, 0.25) is 0 Å². The maximum atomic E-state index is 12.2. The molecule has 1 aromatic heterocycles. The van der Waals surface area contributed by atoms with E-state index in [2.05, 4.69) is 10.3 Å². The molecule has 3 rings (SSSR count). The third-order valence-corrected chi connectivity index (χ3v) is 4.11. The molecule has 0 saturated carbocycles. The number of ketones is 1. The van der Waals surface area contributed by atoms with Crippen LogP contribution in [-0.2, 0) is 4.79 Å². The van der Waals surface area contributed by atoms with Gasteiger partial charge in [0.15, 0.2) is 12.4 Å². The van der Waals surface area contributed by atoms with Gasteiger partial charge in [0.1, 0.15) is 5.75 Å². The summed E-state index contributed by atoms with van der Waals surface area (Å²) >= 11 is 0. The van der Waals surface area contributed by atoms with E-state index in [-0.39, 0.29) is 18.3 Å². The lowest BCUT2D eigenvalue weighted by atomic mass is 10.1. The molecular weight excluding hydrogens is 328 g/mol. The number of nitrogens with one attached hydrogen (secondary N) is 1. The summed E-state index contributed by atoms with van der Waals surface area (Å²) in [5.41, 5.74) is 3.26. The SMILES string of the molecule is CCC(=O)c1ccc(OCC(=O)Nc2ccc(C)c3ncccc23)cc1. The third-order valence-electron chi connectivity index (χ3n) is 4.11. The van der Waals surface area contributed by atoms with Gasteiger partial charge in [-0.3, -0.25) is 14.6 Å². The number of anilines is 1. The van der Waals surface area contributed by atoms with Crippen molar-refractivity contribution < 1.29 is 14.3 Å². The lowest BCUT2D eigenvalue weighted by Gasteiger charge is -2.11. The van der Waals surface area contributed by atoms with Gasteiger partial charge in [0.25, 0.3) is 5.91 Å². The molecule has 132 valence electrons. The second-order valence-corrected chi connectivity index (χ2v) is 5.97. The number of pyridine rings is 1. The highest BCUT2D eigenvalue weighted by atomic mass is 16.5. The first-order valence-corrected chi connectivity index (χ1v) is 8.48. The first-order valence-electron chi connectivity index (χ1n) is 8.48. The molecule has 0 spiro atoms. The van der Waals surface area contributed by atoms with E-state index in [0.717, 1.165) is 16.5 Å². The number of ether oxygens (including phenoxy) is 1. The predicted octanol–water partition coefficient (Wildman–Crippen LogP) is 4.15. The second-order valence-electron chi connectivity index (χ2n) is 5.97. The van der Waals surface area contributed by atoms with Crippen LogP contribution in [0.5, 0.6) is 5.75 Å². The fourth-order valence-corrected chi connectivity index (χ4v) is 2.70. The van der Waals surface area contributed by atoms with E-state index < -0.39 is 0 Å². The maximum Gasteiger partial charge on any atom is 0.262 e. The van der Waals surface area contributed by atoms with Gasteiger partial charge >= 0.3 is 0 Å². The largest absolute Gasteiger partial charge is 0.484 e. The molecule has 0 unspecified atom stereocenters. The molecule has 26 heavy (non-hydrogen) atoms. The van der Waals surface area contributed by atoms with Crippen molar-refractivity contribution >= 4 is 28.3 Å². The van der Waals surface area contributed by atoms with Crippen LogP contribution >= 0.6 is 0 Å². The smallest absolute Gasteiger partial charge is 0.262 e. The van der Waals surface area contributed by atoms with Crippen LogP contribution in [0.2, 0.25) is 0 Å². The minimum Gasteiger partial charge on any atom is -0.484 e. The van der Waals surface area contributed by atoms with Gasteiger partial charge in [-0.05, 0) is 55.0 Å². The highest BCUT2D eigenvalue weighted by Crippen LogP contribution is 2.24. The fourth-order valence-electron chi connectivity index (χ4n) is 2.70. The fraction of sp³-hybridized carbons (Fsp3) is 0.190. The van der Waals surface area contributed by atoms with E-state index in [1.165, 1.54) is 0 Å². The number of Topliss-reactive ketones (excluding diaryl/α,β-unsaturated/α-hetero) is 1. The van der Waals surface area contributed by atoms with E-state index in [4.69, 9.17) is 4.74 Å². The zero-order valence-corrected chi connectivity index (χ0v) is 14.8. The summed E-state index contributed by atoms with van der Waals surface area (Å²) in [4.78, 5) is 28.2. The quantitative estimate of drug-likeness (QED) is 0.679. The molecule has 1 amide bonds. The Morgan fingerprint density at radius 1 is 1.08 bits per heavy atom. The highest BCUT2D eigenvalue weighted by molar-refractivity contribution is 6.02. The number of aromatic nitrogens is 1. The summed E-state index contributed by atoms with van der Waals surface area (Å²) in [6.07, 6.45) is 2.19. The first kappa shape index (κ1) is 17.6. The van der Waals surface area contributed by atoms with Crippen LogP contribution in [-0.4, -0.2) is 23.3 Å². The Labute approximate surface area is 152 Å². The van der Waals surface area contributed by atoms with Crippen LogP contribution in [0.1, 0.15) is 29.3 Å². The number of rotatable bonds is 6. The number of carbonyl (C=O) groups excluding carboxylic acids is 2. The zero-order chi connectivity index (χ0) is 18.5. The first-order chi connectivity index (χ1) is 12.6. The number of nitrogens with zero attached hydrogens (tertiary/aromatic N) is 1. The molecule has 0 aliphatic heterocycles. The zero-order valence-electron chi connectivity index (χ0n) is 14.8. The van der Waals surface area contributed by atoms with E-state index in [0.29, 0.717) is 23.4 Å². The van der Waals surface area contributed by atoms with Crippen molar-refractivity contribution in [3.63, 3.8) is 0 Å². The summed E-state index contributed by atoms with van der Waals surface area (Å²) in [5, 5.41) is 3.76. The van der Waals surface area contributed by atoms with Crippen molar-refractivity contribution in [2.24, 2.45) is 0 Å². The molecule has 0 aliphatic carbocycles. The van der Waals surface area contributed by atoms with Gasteiger partial charge < -0.3 is 10.1 Å². The summed E-state index contributed by atoms with van der Waals surface area (Å²) in [7, 11) is 0. The van der Waals surface area contributed by atoms with Gasteiger partial charge in [-0.15, -0.1) is 0 Å². The van der Waals surface area contributed by atoms with E-state index in [9.17, 15) is 9.59 Å².